The number of aromatic nitrogens is 3. The van der Waals surface area contributed by atoms with Gasteiger partial charge in [0.05, 0.1) is 11.8 Å². The molecule has 4 aromatic rings. The zero-order valence-corrected chi connectivity index (χ0v) is 22.0. The number of carbonyl (C=O) groups excluding carboxylic acids is 1. The molecule has 39 heavy (non-hydrogen) atoms. The molecule has 1 saturated heterocycles. The molecule has 3 aromatic heterocycles. The number of hydrogen-bond donors (Lipinski definition) is 2. The number of carbonyl (C=O) groups is 2. The van der Waals surface area contributed by atoms with E-state index in [-0.39, 0.29) is 11.4 Å². The molecule has 0 saturated carbocycles. The van der Waals surface area contributed by atoms with Crippen molar-refractivity contribution in [2.75, 3.05) is 41.7 Å². The number of furan rings is 1. The smallest absolute Gasteiger partial charge is 0.327 e. The minimum Gasteiger partial charge on any atom is -0.480 e. The van der Waals surface area contributed by atoms with Gasteiger partial charge in [0.1, 0.15) is 29.6 Å². The van der Waals surface area contributed by atoms with E-state index >= 15 is 0 Å². The van der Waals surface area contributed by atoms with Crippen molar-refractivity contribution in [3.05, 3.63) is 90.6 Å². The normalized spacial score (nSPS) is 14.2. The molecule has 1 atom stereocenters. The number of anilines is 2. The van der Waals surface area contributed by atoms with Gasteiger partial charge in [-0.15, -0.1) is 0 Å². The van der Waals surface area contributed by atoms with Gasteiger partial charge < -0.3 is 24.6 Å². The van der Waals surface area contributed by atoms with Crippen LogP contribution in [0.5, 0.6) is 0 Å². The van der Waals surface area contributed by atoms with E-state index in [9.17, 15) is 14.7 Å². The molecular formula is C28H28N6O4S. The van der Waals surface area contributed by atoms with E-state index in [1.165, 1.54) is 24.3 Å². The summed E-state index contributed by atoms with van der Waals surface area (Å²) in [5, 5.41) is 12.4. The van der Waals surface area contributed by atoms with Crippen molar-refractivity contribution in [1.82, 2.24) is 20.3 Å². The number of carboxylic acid groups (broad SMARTS) is 1. The highest BCUT2D eigenvalue weighted by atomic mass is 32.2. The minimum atomic E-state index is -1.10. The first-order valence-corrected chi connectivity index (χ1v) is 13.7. The number of thioether (sulfide) groups is 1. The molecule has 0 radical (unpaired) electrons. The van der Waals surface area contributed by atoms with E-state index in [2.05, 4.69) is 25.1 Å². The van der Waals surface area contributed by atoms with Gasteiger partial charge in [-0.1, -0.05) is 36.4 Å². The lowest BCUT2D eigenvalue weighted by Crippen LogP contribution is -2.47. The Kier molecular flexibility index (Phi) is 8.37. The summed E-state index contributed by atoms with van der Waals surface area (Å²) in [5.74, 6) is 1.05. The van der Waals surface area contributed by atoms with Crippen molar-refractivity contribution >= 4 is 35.3 Å². The topological polar surface area (TPSA) is 125 Å². The molecule has 0 spiro atoms. The lowest BCUT2D eigenvalue weighted by Gasteiger charge is -2.36. The second kappa shape index (κ2) is 12.4. The third-order valence-corrected chi connectivity index (χ3v) is 7.41. The number of benzene rings is 1. The summed E-state index contributed by atoms with van der Waals surface area (Å²) in [7, 11) is 0. The van der Waals surface area contributed by atoms with E-state index in [4.69, 9.17) is 9.40 Å². The molecular weight excluding hydrogens is 516 g/mol. The van der Waals surface area contributed by atoms with Gasteiger partial charge in [-0.05, 0) is 23.8 Å². The van der Waals surface area contributed by atoms with Crippen LogP contribution in [0.25, 0.3) is 11.4 Å². The highest BCUT2D eigenvalue weighted by Crippen LogP contribution is 2.23. The van der Waals surface area contributed by atoms with E-state index in [0.717, 1.165) is 24.5 Å². The molecule has 0 aliphatic carbocycles. The van der Waals surface area contributed by atoms with Gasteiger partial charge in [-0.3, -0.25) is 4.79 Å². The molecule has 11 heteroatoms. The fraction of sp³-hybridized carbons (Fsp3) is 0.250. The van der Waals surface area contributed by atoms with Crippen LogP contribution in [0, 0.1) is 0 Å². The summed E-state index contributed by atoms with van der Waals surface area (Å²) in [6.07, 6.45) is 4.81. The van der Waals surface area contributed by atoms with E-state index in [0.29, 0.717) is 36.0 Å². The Morgan fingerprint density at radius 3 is 2.38 bits per heavy atom. The number of nitrogens with zero attached hydrogens (tertiary/aromatic N) is 5. The van der Waals surface area contributed by atoms with Crippen molar-refractivity contribution in [3.8, 4) is 11.4 Å². The minimum absolute atomic E-state index is 0.0997. The van der Waals surface area contributed by atoms with Crippen molar-refractivity contribution in [1.29, 1.82) is 0 Å². The first-order chi connectivity index (χ1) is 19.1. The van der Waals surface area contributed by atoms with Gasteiger partial charge in [0.2, 0.25) is 0 Å². The fourth-order valence-corrected chi connectivity index (χ4v) is 5.22. The summed E-state index contributed by atoms with van der Waals surface area (Å²) < 4.78 is 5.21. The molecule has 0 bridgehead atoms. The summed E-state index contributed by atoms with van der Waals surface area (Å²) in [5.41, 5.74) is 1.82. The van der Waals surface area contributed by atoms with Crippen molar-refractivity contribution in [3.63, 3.8) is 0 Å². The molecule has 1 aliphatic rings. The Balaban J connectivity index is 1.30. The Morgan fingerprint density at radius 2 is 1.72 bits per heavy atom. The standard InChI is InChI=1S/C28H28N6O4S/c35-27(31-23(28(36)37)19-39-18-20-6-2-1-3-7-20)22-16-25(32-26(30-22)21-9-15-38-17-21)34-13-11-33(12-14-34)24-8-4-5-10-29-24/h1-10,15-17,23H,11-14,18-19H2,(H,31,35)(H,36,37). The number of aliphatic carboxylic acids is 1. The Bertz CT molecular complexity index is 1380. The number of nitrogens with one attached hydrogen (secondary N) is 1. The third-order valence-electron chi connectivity index (χ3n) is 6.30. The zero-order valence-electron chi connectivity index (χ0n) is 21.1. The van der Waals surface area contributed by atoms with Crippen molar-refractivity contribution in [2.24, 2.45) is 0 Å². The van der Waals surface area contributed by atoms with Gasteiger partial charge in [-0.2, -0.15) is 11.8 Å². The van der Waals surface area contributed by atoms with E-state index in [1.807, 2.05) is 48.5 Å². The van der Waals surface area contributed by atoms with Crippen LogP contribution in [0.4, 0.5) is 11.6 Å². The average molecular weight is 545 g/mol. The van der Waals surface area contributed by atoms with Crippen LogP contribution in [-0.4, -0.2) is 69.9 Å². The van der Waals surface area contributed by atoms with Crippen LogP contribution in [0.1, 0.15) is 16.1 Å². The van der Waals surface area contributed by atoms with Crippen LogP contribution in [0.3, 0.4) is 0 Å². The van der Waals surface area contributed by atoms with E-state index < -0.39 is 17.9 Å². The first-order valence-electron chi connectivity index (χ1n) is 12.5. The highest BCUT2D eigenvalue weighted by molar-refractivity contribution is 7.98. The molecule has 1 aliphatic heterocycles. The van der Waals surface area contributed by atoms with Crippen molar-refractivity contribution < 1.29 is 19.1 Å². The summed E-state index contributed by atoms with van der Waals surface area (Å²) in [6.45, 7) is 2.83. The van der Waals surface area contributed by atoms with Crippen LogP contribution in [0.15, 0.2) is 83.8 Å². The number of hydrogen-bond acceptors (Lipinski definition) is 9. The zero-order chi connectivity index (χ0) is 27.0. The maximum absolute atomic E-state index is 13.3. The fourth-order valence-electron chi connectivity index (χ4n) is 4.21. The average Bonchev–Trinajstić information content (AvgIpc) is 3.53. The lowest BCUT2D eigenvalue weighted by atomic mass is 10.2. The SMILES string of the molecule is O=C(NC(CSCc1ccccc1)C(=O)O)c1cc(N2CCN(c3ccccn3)CC2)nc(-c2ccoc2)n1. The first kappa shape index (κ1) is 26.2. The van der Waals surface area contributed by atoms with Crippen molar-refractivity contribution in [2.45, 2.75) is 11.8 Å². The van der Waals surface area contributed by atoms with Crippen LogP contribution in [0.2, 0.25) is 0 Å². The Labute approximate surface area is 230 Å². The van der Waals surface area contributed by atoms with Gasteiger partial charge in [0.25, 0.3) is 5.91 Å². The van der Waals surface area contributed by atoms with Crippen LogP contribution < -0.4 is 15.1 Å². The second-order valence-electron chi connectivity index (χ2n) is 8.97. The summed E-state index contributed by atoms with van der Waals surface area (Å²) in [4.78, 5) is 43.1. The molecule has 2 N–H and O–H groups in total. The van der Waals surface area contributed by atoms with Gasteiger partial charge in [-0.25, -0.2) is 19.7 Å². The van der Waals surface area contributed by atoms with Gasteiger partial charge in [0, 0.05) is 49.9 Å². The Hall–Kier alpha value is -4.38. The predicted molar refractivity (Wildman–Crippen MR) is 150 cm³/mol. The quantitative estimate of drug-likeness (QED) is 0.306. The van der Waals surface area contributed by atoms with Crippen LogP contribution >= 0.6 is 11.8 Å². The maximum atomic E-state index is 13.3. The van der Waals surface area contributed by atoms with E-state index in [1.54, 1.807) is 18.3 Å². The summed E-state index contributed by atoms with van der Waals surface area (Å²) in [6, 6.07) is 17.9. The number of carboxylic acids is 1. The number of amides is 1. The second-order valence-corrected chi connectivity index (χ2v) is 10.0. The monoisotopic (exact) mass is 544 g/mol. The van der Waals surface area contributed by atoms with Crippen LogP contribution in [-0.2, 0) is 10.5 Å². The number of piperazine rings is 1. The molecule has 5 rings (SSSR count). The largest absolute Gasteiger partial charge is 0.480 e. The maximum Gasteiger partial charge on any atom is 0.327 e. The molecule has 1 fully saturated rings. The highest BCUT2D eigenvalue weighted by Gasteiger charge is 2.25. The predicted octanol–water partition coefficient (Wildman–Crippen LogP) is 3.57. The van der Waals surface area contributed by atoms with Gasteiger partial charge in [0.15, 0.2) is 5.82 Å². The number of pyridine rings is 1. The third kappa shape index (κ3) is 6.74. The Morgan fingerprint density at radius 1 is 0.974 bits per heavy atom. The molecule has 1 aromatic carbocycles. The lowest BCUT2D eigenvalue weighted by molar-refractivity contribution is -0.138. The summed E-state index contributed by atoms with van der Waals surface area (Å²) >= 11 is 1.45. The molecule has 4 heterocycles. The molecule has 10 nitrogen and oxygen atoms in total. The number of rotatable bonds is 10. The van der Waals surface area contributed by atoms with Gasteiger partial charge >= 0.3 is 5.97 Å². The molecule has 1 amide bonds. The molecule has 200 valence electrons. The molecule has 1 unspecified atom stereocenters.